The zero-order chi connectivity index (χ0) is 13.9. The van der Waals surface area contributed by atoms with Crippen LogP contribution in [-0.4, -0.2) is 18.0 Å². The number of anilines is 1. The minimum absolute atomic E-state index is 0.387. The van der Waals surface area contributed by atoms with Crippen LogP contribution < -0.4 is 10.7 Å². The highest BCUT2D eigenvalue weighted by Gasteiger charge is 2.34. The van der Waals surface area contributed by atoms with Crippen LogP contribution in [0, 0.1) is 0 Å². The van der Waals surface area contributed by atoms with E-state index in [4.69, 9.17) is 10.5 Å². The maximum atomic E-state index is 11.5. The molecule has 5 heteroatoms. The molecule has 1 unspecified atom stereocenters. The zero-order valence-electron chi connectivity index (χ0n) is 10.6. The number of amides is 1. The van der Waals surface area contributed by atoms with Crippen LogP contribution in [0.5, 0.6) is 0 Å². The number of carbonyl (C=O) groups excluding carboxylic acids is 1. The van der Waals surface area contributed by atoms with Crippen LogP contribution in [0.3, 0.4) is 0 Å². The van der Waals surface area contributed by atoms with Crippen LogP contribution in [-0.2, 0) is 9.53 Å². The molecular formula is C15H13N3O2. The molecule has 20 heavy (non-hydrogen) atoms. The van der Waals surface area contributed by atoms with Gasteiger partial charge in [-0.05, 0) is 24.3 Å². The number of hydrogen-bond donors (Lipinski definition) is 1. The minimum Gasteiger partial charge on any atom is -0.440 e. The molecule has 1 amide bonds. The predicted octanol–water partition coefficient (Wildman–Crippen LogP) is 1.70. The van der Waals surface area contributed by atoms with E-state index in [2.05, 4.69) is 5.10 Å². The SMILES string of the molecule is NC(=O)C1OC(c2ccccc2)=NN1c1ccccc1. The Hall–Kier alpha value is -2.82. The van der Waals surface area contributed by atoms with Gasteiger partial charge in [0.15, 0.2) is 0 Å². The molecule has 1 heterocycles. The van der Waals surface area contributed by atoms with Crippen LogP contribution in [0.2, 0.25) is 0 Å². The molecule has 2 N–H and O–H groups in total. The Bertz CT molecular complexity index is 641. The molecule has 0 spiro atoms. The van der Waals surface area contributed by atoms with Gasteiger partial charge in [-0.1, -0.05) is 36.4 Å². The van der Waals surface area contributed by atoms with Gasteiger partial charge in [0, 0.05) is 5.56 Å². The van der Waals surface area contributed by atoms with Gasteiger partial charge in [-0.2, -0.15) is 0 Å². The summed E-state index contributed by atoms with van der Waals surface area (Å²) in [5.41, 5.74) is 6.94. The first-order chi connectivity index (χ1) is 9.75. The molecule has 1 aliphatic heterocycles. The molecule has 100 valence electrons. The van der Waals surface area contributed by atoms with Crippen LogP contribution >= 0.6 is 0 Å². The van der Waals surface area contributed by atoms with Gasteiger partial charge in [-0.3, -0.25) is 4.79 Å². The van der Waals surface area contributed by atoms with E-state index in [1.54, 1.807) is 0 Å². The Labute approximate surface area is 116 Å². The number of nitrogens with two attached hydrogens (primary N) is 1. The zero-order valence-corrected chi connectivity index (χ0v) is 10.6. The van der Waals surface area contributed by atoms with Gasteiger partial charge in [-0.25, -0.2) is 5.01 Å². The maximum Gasteiger partial charge on any atom is 0.282 e. The molecule has 2 aromatic carbocycles. The van der Waals surface area contributed by atoms with Crippen molar-refractivity contribution < 1.29 is 9.53 Å². The van der Waals surface area contributed by atoms with Crippen LogP contribution in [0.1, 0.15) is 5.56 Å². The summed E-state index contributed by atoms with van der Waals surface area (Å²) in [6.07, 6.45) is -0.924. The first-order valence-corrected chi connectivity index (χ1v) is 6.20. The average molecular weight is 267 g/mol. The molecule has 0 aliphatic carbocycles. The molecular weight excluding hydrogens is 254 g/mol. The lowest BCUT2D eigenvalue weighted by atomic mass is 10.2. The van der Waals surface area contributed by atoms with Gasteiger partial charge < -0.3 is 10.5 Å². The van der Waals surface area contributed by atoms with E-state index in [9.17, 15) is 4.79 Å². The number of ether oxygens (including phenoxy) is 1. The van der Waals surface area contributed by atoms with Gasteiger partial charge in [0.25, 0.3) is 12.1 Å². The second-order valence-corrected chi connectivity index (χ2v) is 4.32. The molecule has 0 radical (unpaired) electrons. The molecule has 0 fully saturated rings. The largest absolute Gasteiger partial charge is 0.440 e. The van der Waals surface area contributed by atoms with E-state index in [1.165, 1.54) is 5.01 Å². The molecule has 0 aromatic heterocycles. The lowest BCUT2D eigenvalue weighted by Gasteiger charge is -2.18. The third-order valence-electron chi connectivity index (χ3n) is 2.93. The summed E-state index contributed by atoms with van der Waals surface area (Å²) in [5, 5.41) is 5.85. The van der Waals surface area contributed by atoms with Crippen LogP contribution in [0.25, 0.3) is 0 Å². The predicted molar refractivity (Wildman–Crippen MR) is 76.0 cm³/mol. The quantitative estimate of drug-likeness (QED) is 0.920. The van der Waals surface area contributed by atoms with Gasteiger partial charge in [-0.15, -0.1) is 5.10 Å². The Kier molecular flexibility index (Phi) is 3.09. The number of nitrogens with zero attached hydrogens (tertiary/aromatic N) is 2. The molecule has 0 saturated carbocycles. The minimum atomic E-state index is -0.924. The Morgan fingerprint density at radius 1 is 1.05 bits per heavy atom. The van der Waals surface area contributed by atoms with Crippen molar-refractivity contribution in [3.8, 4) is 0 Å². The first kappa shape index (κ1) is 12.2. The Morgan fingerprint density at radius 2 is 1.65 bits per heavy atom. The number of para-hydroxylation sites is 1. The van der Waals surface area contributed by atoms with Crippen molar-refractivity contribution in [2.24, 2.45) is 10.8 Å². The van der Waals surface area contributed by atoms with Crippen molar-refractivity contribution >= 4 is 17.5 Å². The molecule has 3 rings (SSSR count). The number of rotatable bonds is 3. The fourth-order valence-corrected chi connectivity index (χ4v) is 1.99. The molecule has 1 atom stereocenters. The fraction of sp³-hybridized carbons (Fsp3) is 0.0667. The second-order valence-electron chi connectivity index (χ2n) is 4.32. The van der Waals surface area contributed by atoms with Crippen molar-refractivity contribution in [1.82, 2.24) is 0 Å². The van der Waals surface area contributed by atoms with Crippen molar-refractivity contribution in [2.45, 2.75) is 6.23 Å². The monoisotopic (exact) mass is 267 g/mol. The van der Waals surface area contributed by atoms with E-state index in [0.717, 1.165) is 11.3 Å². The first-order valence-electron chi connectivity index (χ1n) is 6.20. The van der Waals surface area contributed by atoms with E-state index >= 15 is 0 Å². The molecule has 1 aliphatic rings. The third kappa shape index (κ3) is 2.21. The lowest BCUT2D eigenvalue weighted by molar-refractivity contribution is -0.124. The van der Waals surface area contributed by atoms with Gasteiger partial charge in [0.1, 0.15) is 0 Å². The number of hydrogen-bond acceptors (Lipinski definition) is 4. The summed E-state index contributed by atoms with van der Waals surface area (Å²) in [7, 11) is 0. The van der Waals surface area contributed by atoms with E-state index in [-0.39, 0.29) is 0 Å². The topological polar surface area (TPSA) is 67.9 Å². The van der Waals surface area contributed by atoms with Crippen LogP contribution in [0.4, 0.5) is 5.69 Å². The summed E-state index contributed by atoms with van der Waals surface area (Å²) in [6.45, 7) is 0. The lowest BCUT2D eigenvalue weighted by Crippen LogP contribution is -2.40. The van der Waals surface area contributed by atoms with Crippen molar-refractivity contribution in [2.75, 3.05) is 5.01 Å². The second kappa shape index (κ2) is 5.05. The average Bonchev–Trinajstić information content (AvgIpc) is 2.94. The molecule has 5 nitrogen and oxygen atoms in total. The number of primary amides is 1. The van der Waals surface area contributed by atoms with E-state index in [1.807, 2.05) is 60.7 Å². The highest BCUT2D eigenvalue weighted by molar-refractivity contribution is 5.99. The molecule has 0 saturated heterocycles. The maximum absolute atomic E-state index is 11.5. The third-order valence-corrected chi connectivity index (χ3v) is 2.93. The van der Waals surface area contributed by atoms with Gasteiger partial charge in [0.2, 0.25) is 5.90 Å². The highest BCUT2D eigenvalue weighted by atomic mass is 16.5. The fourth-order valence-electron chi connectivity index (χ4n) is 1.99. The van der Waals surface area contributed by atoms with Gasteiger partial charge >= 0.3 is 0 Å². The highest BCUT2D eigenvalue weighted by Crippen LogP contribution is 2.24. The normalized spacial score (nSPS) is 17.5. The van der Waals surface area contributed by atoms with Crippen LogP contribution in [0.15, 0.2) is 65.8 Å². The molecule has 2 aromatic rings. The van der Waals surface area contributed by atoms with E-state index < -0.39 is 12.1 Å². The number of carbonyl (C=O) groups is 1. The van der Waals surface area contributed by atoms with E-state index in [0.29, 0.717) is 5.90 Å². The Morgan fingerprint density at radius 3 is 2.25 bits per heavy atom. The van der Waals surface area contributed by atoms with Crippen molar-refractivity contribution in [3.63, 3.8) is 0 Å². The summed E-state index contributed by atoms with van der Waals surface area (Å²) in [5.74, 6) is -0.193. The summed E-state index contributed by atoms with van der Waals surface area (Å²) >= 11 is 0. The smallest absolute Gasteiger partial charge is 0.282 e. The van der Waals surface area contributed by atoms with Crippen molar-refractivity contribution in [1.29, 1.82) is 0 Å². The Balaban J connectivity index is 1.98. The van der Waals surface area contributed by atoms with Crippen molar-refractivity contribution in [3.05, 3.63) is 66.2 Å². The van der Waals surface area contributed by atoms with Gasteiger partial charge in [0.05, 0.1) is 5.69 Å². The summed E-state index contributed by atoms with van der Waals surface area (Å²) in [6, 6.07) is 18.7. The molecule has 0 bridgehead atoms. The number of hydrazone groups is 1. The number of benzene rings is 2. The standard InChI is InChI=1S/C15H13N3O2/c16-13(19)15-18(12-9-5-2-6-10-12)17-14(20-15)11-7-3-1-4-8-11/h1-10,15H,(H2,16,19). The summed E-state index contributed by atoms with van der Waals surface area (Å²) < 4.78 is 5.58. The summed E-state index contributed by atoms with van der Waals surface area (Å²) in [4.78, 5) is 11.5.